The minimum Gasteiger partial charge on any atom is -0.317 e. The Bertz CT molecular complexity index is 534. The summed E-state index contributed by atoms with van der Waals surface area (Å²) in [4.78, 5) is 0.255. The molecule has 0 spiro atoms. The molecule has 0 unspecified atom stereocenters. The quantitative estimate of drug-likeness (QED) is 0.666. The van der Waals surface area contributed by atoms with E-state index in [0.29, 0.717) is 6.54 Å². The van der Waals surface area contributed by atoms with Crippen LogP contribution in [-0.2, 0) is 16.6 Å². The van der Waals surface area contributed by atoms with Crippen molar-refractivity contribution in [1.29, 1.82) is 0 Å². The molecule has 1 aliphatic rings. The maximum absolute atomic E-state index is 12.1. The molecule has 1 saturated carbocycles. The average molecular weight is 300 g/mol. The fourth-order valence-electron chi connectivity index (χ4n) is 1.89. The first kappa shape index (κ1) is 15.5. The summed E-state index contributed by atoms with van der Waals surface area (Å²) in [6.07, 6.45) is 6.15. The molecule has 1 aromatic heterocycles. The molecule has 0 amide bonds. The van der Waals surface area contributed by atoms with Crippen LogP contribution in [0.3, 0.4) is 0 Å². The van der Waals surface area contributed by atoms with E-state index in [1.165, 1.54) is 6.20 Å². The number of aryl methyl sites for hydroxylation is 1. The van der Waals surface area contributed by atoms with Crippen LogP contribution in [0.5, 0.6) is 0 Å². The normalized spacial score (nSPS) is 17.3. The Morgan fingerprint density at radius 2 is 2.20 bits per heavy atom. The second-order valence-corrected chi connectivity index (χ2v) is 7.55. The molecule has 1 fully saturated rings. The summed E-state index contributed by atoms with van der Waals surface area (Å²) in [6, 6.07) is 0. The fraction of sp³-hybridized carbons (Fsp3) is 0.769. The van der Waals surface area contributed by atoms with Crippen LogP contribution in [0, 0.1) is 5.41 Å². The van der Waals surface area contributed by atoms with E-state index in [0.717, 1.165) is 38.9 Å². The Morgan fingerprint density at radius 3 is 2.85 bits per heavy atom. The molecule has 2 rings (SSSR count). The molecule has 1 aromatic rings. The van der Waals surface area contributed by atoms with E-state index in [2.05, 4.69) is 29.0 Å². The highest BCUT2D eigenvalue weighted by atomic mass is 32.2. The van der Waals surface area contributed by atoms with E-state index in [1.807, 2.05) is 0 Å². The molecule has 0 radical (unpaired) electrons. The van der Waals surface area contributed by atoms with Gasteiger partial charge in [-0.1, -0.05) is 13.8 Å². The summed E-state index contributed by atoms with van der Waals surface area (Å²) in [7, 11) is -3.42. The minimum atomic E-state index is -3.42. The maximum Gasteiger partial charge on any atom is 0.243 e. The van der Waals surface area contributed by atoms with Crippen LogP contribution in [0.1, 0.15) is 33.1 Å². The van der Waals surface area contributed by atoms with Gasteiger partial charge in [0.25, 0.3) is 0 Å². The molecule has 1 aliphatic carbocycles. The van der Waals surface area contributed by atoms with Crippen molar-refractivity contribution >= 4 is 10.0 Å². The topological polar surface area (TPSA) is 76.0 Å². The molecular formula is C13H24N4O2S. The van der Waals surface area contributed by atoms with Crippen LogP contribution in [0.15, 0.2) is 17.3 Å². The number of rotatable bonds is 9. The van der Waals surface area contributed by atoms with Crippen molar-refractivity contribution in [3.8, 4) is 0 Å². The molecule has 6 nitrogen and oxygen atoms in total. The summed E-state index contributed by atoms with van der Waals surface area (Å²) in [5.74, 6) is 0. The molecule has 0 atom stereocenters. The number of sulfonamides is 1. The minimum absolute atomic E-state index is 0.162. The zero-order valence-corrected chi connectivity index (χ0v) is 13.0. The van der Waals surface area contributed by atoms with E-state index >= 15 is 0 Å². The van der Waals surface area contributed by atoms with Gasteiger partial charge in [0, 0.05) is 19.3 Å². The standard InChI is InChI=1S/C13H24N4O2S/c1-3-14-7-4-8-17-10-12(9-15-17)20(18,19)16-11-13(2)5-6-13/h9-10,14,16H,3-8,11H2,1-2H3. The van der Waals surface area contributed by atoms with E-state index in [4.69, 9.17) is 0 Å². The highest BCUT2D eigenvalue weighted by Gasteiger charge is 2.38. The Morgan fingerprint density at radius 1 is 1.45 bits per heavy atom. The monoisotopic (exact) mass is 300 g/mol. The summed E-state index contributed by atoms with van der Waals surface area (Å²) >= 11 is 0. The summed E-state index contributed by atoms with van der Waals surface area (Å²) in [5.41, 5.74) is 0.162. The zero-order chi connectivity index (χ0) is 14.6. The third-order valence-corrected chi connectivity index (χ3v) is 5.06. The molecule has 2 N–H and O–H groups in total. The van der Waals surface area contributed by atoms with Crippen LogP contribution in [0.25, 0.3) is 0 Å². The highest BCUT2D eigenvalue weighted by molar-refractivity contribution is 7.89. The Hall–Kier alpha value is -0.920. The summed E-state index contributed by atoms with van der Waals surface area (Å²) in [6.45, 7) is 7.25. The van der Waals surface area contributed by atoms with Gasteiger partial charge in [0.05, 0.1) is 6.20 Å². The third-order valence-electron chi connectivity index (χ3n) is 3.70. The van der Waals surface area contributed by atoms with E-state index in [1.54, 1.807) is 10.9 Å². The predicted octanol–water partition coefficient (Wildman–Crippen LogP) is 0.961. The lowest BCUT2D eigenvalue weighted by Gasteiger charge is -2.09. The van der Waals surface area contributed by atoms with Gasteiger partial charge in [0.1, 0.15) is 4.90 Å². The molecule has 0 saturated heterocycles. The Kier molecular flexibility index (Phi) is 4.82. The van der Waals surface area contributed by atoms with Crippen molar-refractivity contribution in [1.82, 2.24) is 19.8 Å². The van der Waals surface area contributed by atoms with Crippen LogP contribution < -0.4 is 10.0 Å². The second-order valence-electron chi connectivity index (χ2n) is 5.78. The van der Waals surface area contributed by atoms with Gasteiger partial charge < -0.3 is 5.32 Å². The first-order valence-electron chi connectivity index (χ1n) is 7.18. The lowest BCUT2D eigenvalue weighted by molar-refractivity contribution is 0.529. The first-order chi connectivity index (χ1) is 9.45. The number of hydrogen-bond acceptors (Lipinski definition) is 4. The number of aromatic nitrogens is 2. The van der Waals surface area contributed by atoms with Crippen molar-refractivity contribution < 1.29 is 8.42 Å². The smallest absolute Gasteiger partial charge is 0.243 e. The molecule has 0 bridgehead atoms. The molecule has 114 valence electrons. The number of nitrogens with zero attached hydrogens (tertiary/aromatic N) is 2. The van der Waals surface area contributed by atoms with Gasteiger partial charge in [0.2, 0.25) is 10.0 Å². The van der Waals surface area contributed by atoms with Crippen molar-refractivity contribution in [2.24, 2.45) is 5.41 Å². The molecule has 20 heavy (non-hydrogen) atoms. The Labute approximate surface area is 121 Å². The average Bonchev–Trinajstić information content (AvgIpc) is 2.96. The summed E-state index contributed by atoms with van der Waals surface area (Å²) < 4.78 is 28.6. The first-order valence-corrected chi connectivity index (χ1v) is 8.66. The fourth-order valence-corrected chi connectivity index (χ4v) is 3.04. The SMILES string of the molecule is CCNCCCn1cc(S(=O)(=O)NCC2(C)CC2)cn1. The number of nitrogens with one attached hydrogen (secondary N) is 2. The van der Waals surface area contributed by atoms with E-state index < -0.39 is 10.0 Å². The predicted molar refractivity (Wildman–Crippen MR) is 77.9 cm³/mol. The highest BCUT2D eigenvalue weighted by Crippen LogP contribution is 2.44. The summed E-state index contributed by atoms with van der Waals surface area (Å²) in [5, 5.41) is 7.34. The lowest BCUT2D eigenvalue weighted by Crippen LogP contribution is -2.28. The van der Waals surface area contributed by atoms with Crippen LogP contribution in [0.4, 0.5) is 0 Å². The van der Waals surface area contributed by atoms with Gasteiger partial charge in [-0.15, -0.1) is 0 Å². The van der Waals surface area contributed by atoms with Gasteiger partial charge in [-0.05, 0) is 37.8 Å². The van der Waals surface area contributed by atoms with Crippen LogP contribution >= 0.6 is 0 Å². The molecule has 0 aliphatic heterocycles. The second kappa shape index (κ2) is 6.24. The van der Waals surface area contributed by atoms with E-state index in [-0.39, 0.29) is 10.3 Å². The molecular weight excluding hydrogens is 276 g/mol. The molecule has 1 heterocycles. The van der Waals surface area contributed by atoms with Crippen molar-refractivity contribution in [3.63, 3.8) is 0 Å². The van der Waals surface area contributed by atoms with Gasteiger partial charge in [-0.25, -0.2) is 13.1 Å². The van der Waals surface area contributed by atoms with E-state index in [9.17, 15) is 8.42 Å². The molecule has 7 heteroatoms. The van der Waals surface area contributed by atoms with Crippen molar-refractivity contribution in [3.05, 3.63) is 12.4 Å². The number of hydrogen-bond donors (Lipinski definition) is 2. The Balaban J connectivity index is 1.86. The van der Waals surface area contributed by atoms with Crippen molar-refractivity contribution in [2.75, 3.05) is 19.6 Å². The van der Waals surface area contributed by atoms with Gasteiger partial charge in [0.15, 0.2) is 0 Å². The van der Waals surface area contributed by atoms with Gasteiger partial charge in [-0.2, -0.15) is 5.10 Å². The van der Waals surface area contributed by atoms with Crippen LogP contribution in [-0.4, -0.2) is 37.8 Å². The zero-order valence-electron chi connectivity index (χ0n) is 12.2. The maximum atomic E-state index is 12.1. The van der Waals surface area contributed by atoms with Gasteiger partial charge in [-0.3, -0.25) is 4.68 Å². The van der Waals surface area contributed by atoms with Crippen molar-refractivity contribution in [2.45, 2.75) is 44.6 Å². The van der Waals surface area contributed by atoms with Crippen LogP contribution in [0.2, 0.25) is 0 Å². The molecule has 0 aromatic carbocycles. The van der Waals surface area contributed by atoms with Gasteiger partial charge >= 0.3 is 0 Å². The third kappa shape index (κ3) is 4.29. The lowest BCUT2D eigenvalue weighted by atomic mass is 10.2. The largest absolute Gasteiger partial charge is 0.317 e.